The highest BCUT2D eigenvalue weighted by molar-refractivity contribution is 5.37. The maximum atomic E-state index is 14.0. The lowest BCUT2D eigenvalue weighted by molar-refractivity contribution is 0.460. The van der Waals surface area contributed by atoms with E-state index >= 15 is 0 Å². The summed E-state index contributed by atoms with van der Waals surface area (Å²) < 4.78 is 28.5. The predicted molar refractivity (Wildman–Crippen MR) is 91.6 cm³/mol. The first-order valence-electron chi connectivity index (χ1n) is 7.97. The molecule has 3 aromatic rings. The van der Waals surface area contributed by atoms with Gasteiger partial charge >= 0.3 is 0 Å². The number of halogens is 2. The van der Waals surface area contributed by atoms with Gasteiger partial charge in [-0.2, -0.15) is 5.10 Å². The Bertz CT molecular complexity index is 892. The van der Waals surface area contributed by atoms with Crippen molar-refractivity contribution in [3.8, 4) is 11.4 Å². The van der Waals surface area contributed by atoms with Gasteiger partial charge in [0, 0.05) is 35.5 Å². The van der Waals surface area contributed by atoms with E-state index in [1.165, 1.54) is 16.8 Å². The van der Waals surface area contributed by atoms with E-state index in [0.717, 1.165) is 22.9 Å². The zero-order chi connectivity index (χ0) is 18.0. The molecule has 3 rings (SSSR count). The molecule has 0 radical (unpaired) electrons. The van der Waals surface area contributed by atoms with Crippen LogP contribution in [0, 0.1) is 18.6 Å². The average Bonchev–Trinajstić information content (AvgIpc) is 2.95. The van der Waals surface area contributed by atoms with Gasteiger partial charge in [-0.1, -0.05) is 18.2 Å². The molecule has 0 saturated carbocycles. The summed E-state index contributed by atoms with van der Waals surface area (Å²) in [5, 5.41) is 17.4. The van der Waals surface area contributed by atoms with Gasteiger partial charge in [-0.05, 0) is 32.0 Å². The summed E-state index contributed by atoms with van der Waals surface area (Å²) in [5.74, 6) is -1.04. The van der Waals surface area contributed by atoms with Crippen LogP contribution < -0.4 is 5.32 Å². The fourth-order valence-electron chi connectivity index (χ4n) is 2.78. The normalized spacial score (nSPS) is 12.3. The molecular formula is C19H19F2N3O. The Morgan fingerprint density at radius 3 is 2.68 bits per heavy atom. The third-order valence-electron chi connectivity index (χ3n) is 4.24. The number of phenolic OH excluding ortho intramolecular Hbond substituents is 1. The van der Waals surface area contributed by atoms with Crippen LogP contribution >= 0.6 is 0 Å². The number of hydrogen-bond acceptors (Lipinski definition) is 3. The Kier molecular flexibility index (Phi) is 4.81. The zero-order valence-electron chi connectivity index (χ0n) is 14.0. The van der Waals surface area contributed by atoms with Crippen LogP contribution in [0.15, 0.2) is 48.7 Å². The minimum absolute atomic E-state index is 0.0585. The number of rotatable bonds is 5. The molecule has 0 unspecified atom stereocenters. The molecule has 130 valence electrons. The second-order valence-electron chi connectivity index (χ2n) is 5.92. The molecule has 4 nitrogen and oxygen atoms in total. The van der Waals surface area contributed by atoms with Crippen molar-refractivity contribution < 1.29 is 13.9 Å². The lowest BCUT2D eigenvalue weighted by atomic mass is 10.1. The summed E-state index contributed by atoms with van der Waals surface area (Å²) in [6.45, 7) is 4.29. The Morgan fingerprint density at radius 2 is 1.96 bits per heavy atom. The number of aromatic nitrogens is 2. The highest BCUT2D eigenvalue weighted by Crippen LogP contribution is 2.23. The summed E-state index contributed by atoms with van der Waals surface area (Å²) in [6.07, 6.45) is 1.67. The lowest BCUT2D eigenvalue weighted by Crippen LogP contribution is -2.18. The molecular weight excluding hydrogens is 324 g/mol. The topological polar surface area (TPSA) is 50.1 Å². The SMILES string of the molecule is Cc1c([C@@H](C)NCc2ccccc2O)cnn1-c1ccc(F)cc1F. The third kappa shape index (κ3) is 3.53. The Morgan fingerprint density at radius 1 is 1.20 bits per heavy atom. The molecule has 0 bridgehead atoms. The Balaban J connectivity index is 1.79. The van der Waals surface area contributed by atoms with Crippen LogP contribution in [0.3, 0.4) is 0 Å². The Labute approximate surface area is 144 Å². The fourth-order valence-corrected chi connectivity index (χ4v) is 2.78. The zero-order valence-corrected chi connectivity index (χ0v) is 14.0. The van der Waals surface area contributed by atoms with E-state index in [2.05, 4.69) is 10.4 Å². The van der Waals surface area contributed by atoms with Crippen molar-refractivity contribution in [3.63, 3.8) is 0 Å². The van der Waals surface area contributed by atoms with Crippen LogP contribution in [-0.2, 0) is 6.54 Å². The number of hydrogen-bond donors (Lipinski definition) is 2. The number of nitrogens with one attached hydrogen (secondary N) is 1. The minimum Gasteiger partial charge on any atom is -0.508 e. The molecule has 1 aromatic heterocycles. The molecule has 0 spiro atoms. The average molecular weight is 343 g/mol. The van der Waals surface area contributed by atoms with Crippen LogP contribution in [0.1, 0.15) is 29.8 Å². The van der Waals surface area contributed by atoms with E-state index in [1.54, 1.807) is 18.3 Å². The first-order chi connectivity index (χ1) is 12.0. The van der Waals surface area contributed by atoms with Gasteiger partial charge < -0.3 is 10.4 Å². The molecule has 0 aliphatic heterocycles. The van der Waals surface area contributed by atoms with Crippen molar-refractivity contribution in [2.75, 3.05) is 0 Å². The standard InChI is InChI=1S/C19H19F2N3O/c1-12(22-10-14-5-3-4-6-19(14)25)16-11-23-24(13(16)2)18-8-7-15(20)9-17(18)21/h3-9,11-12,22,25H,10H2,1-2H3/t12-/m1/s1. The number of benzene rings is 2. The van der Waals surface area contributed by atoms with Crippen LogP contribution in [0.2, 0.25) is 0 Å². The van der Waals surface area contributed by atoms with Gasteiger partial charge in [-0.25, -0.2) is 13.5 Å². The van der Waals surface area contributed by atoms with Gasteiger partial charge in [0.2, 0.25) is 0 Å². The second-order valence-corrected chi connectivity index (χ2v) is 5.92. The number of phenols is 1. The maximum Gasteiger partial charge on any atom is 0.151 e. The second kappa shape index (κ2) is 7.03. The van der Waals surface area contributed by atoms with E-state index in [9.17, 15) is 13.9 Å². The smallest absolute Gasteiger partial charge is 0.151 e. The van der Waals surface area contributed by atoms with Crippen LogP contribution in [0.25, 0.3) is 5.69 Å². The lowest BCUT2D eigenvalue weighted by Gasteiger charge is -2.15. The van der Waals surface area contributed by atoms with Crippen molar-refractivity contribution in [2.45, 2.75) is 26.4 Å². The van der Waals surface area contributed by atoms with Crippen LogP contribution in [-0.4, -0.2) is 14.9 Å². The van der Waals surface area contributed by atoms with Gasteiger partial charge in [0.05, 0.1) is 6.20 Å². The fraction of sp³-hybridized carbons (Fsp3) is 0.211. The summed E-state index contributed by atoms with van der Waals surface area (Å²) in [5.41, 5.74) is 2.67. The number of para-hydroxylation sites is 1. The molecule has 0 amide bonds. The molecule has 0 aliphatic carbocycles. The molecule has 1 atom stereocenters. The van der Waals surface area contributed by atoms with Crippen molar-refractivity contribution in [1.29, 1.82) is 0 Å². The summed E-state index contributed by atoms with van der Waals surface area (Å²) >= 11 is 0. The van der Waals surface area contributed by atoms with E-state index in [4.69, 9.17) is 0 Å². The molecule has 25 heavy (non-hydrogen) atoms. The molecule has 6 heteroatoms. The Hall–Kier alpha value is -2.73. The first-order valence-corrected chi connectivity index (χ1v) is 7.97. The highest BCUT2D eigenvalue weighted by atomic mass is 19.1. The van der Waals surface area contributed by atoms with Crippen molar-refractivity contribution >= 4 is 0 Å². The van der Waals surface area contributed by atoms with Gasteiger partial charge in [0.1, 0.15) is 17.3 Å². The summed E-state index contributed by atoms with van der Waals surface area (Å²) in [7, 11) is 0. The van der Waals surface area contributed by atoms with Gasteiger partial charge in [-0.15, -0.1) is 0 Å². The predicted octanol–water partition coefficient (Wildman–Crippen LogP) is 4.02. The van der Waals surface area contributed by atoms with E-state index < -0.39 is 11.6 Å². The molecule has 0 aliphatic rings. The summed E-state index contributed by atoms with van der Waals surface area (Å²) in [4.78, 5) is 0. The molecule has 0 saturated heterocycles. The van der Waals surface area contributed by atoms with Crippen LogP contribution in [0.5, 0.6) is 5.75 Å². The van der Waals surface area contributed by atoms with E-state index in [1.807, 2.05) is 26.0 Å². The molecule has 2 N–H and O–H groups in total. The molecule has 0 fully saturated rings. The van der Waals surface area contributed by atoms with E-state index in [0.29, 0.717) is 6.54 Å². The van der Waals surface area contributed by atoms with Gasteiger partial charge in [-0.3, -0.25) is 0 Å². The minimum atomic E-state index is -0.660. The number of nitrogens with zero attached hydrogens (tertiary/aromatic N) is 2. The number of aromatic hydroxyl groups is 1. The highest BCUT2D eigenvalue weighted by Gasteiger charge is 2.16. The van der Waals surface area contributed by atoms with E-state index in [-0.39, 0.29) is 17.5 Å². The van der Waals surface area contributed by atoms with Crippen molar-refractivity contribution in [3.05, 3.63) is 77.1 Å². The monoisotopic (exact) mass is 343 g/mol. The largest absolute Gasteiger partial charge is 0.508 e. The quantitative estimate of drug-likeness (QED) is 0.736. The van der Waals surface area contributed by atoms with Crippen LogP contribution in [0.4, 0.5) is 8.78 Å². The van der Waals surface area contributed by atoms with Crippen molar-refractivity contribution in [1.82, 2.24) is 15.1 Å². The van der Waals surface area contributed by atoms with Gasteiger partial charge in [0.15, 0.2) is 5.82 Å². The van der Waals surface area contributed by atoms with Crippen molar-refractivity contribution in [2.24, 2.45) is 0 Å². The maximum absolute atomic E-state index is 14.0. The van der Waals surface area contributed by atoms with Gasteiger partial charge in [0.25, 0.3) is 0 Å². The first kappa shape index (κ1) is 17.1. The third-order valence-corrected chi connectivity index (χ3v) is 4.24. The summed E-state index contributed by atoms with van der Waals surface area (Å²) in [6, 6.07) is 10.5. The molecule has 1 heterocycles. The molecule has 2 aromatic carbocycles.